The Morgan fingerprint density at radius 3 is 3.00 bits per heavy atom. The van der Waals surface area contributed by atoms with E-state index in [0.29, 0.717) is 16.1 Å². The first kappa shape index (κ1) is 12.2. The summed E-state index contributed by atoms with van der Waals surface area (Å²) in [6.45, 7) is 4.94. The molecular weight excluding hydrogens is 256 g/mol. The lowest BCUT2D eigenvalue weighted by atomic mass is 10.1. The van der Waals surface area contributed by atoms with Gasteiger partial charge in [0, 0.05) is 18.3 Å². The van der Waals surface area contributed by atoms with Crippen LogP contribution in [0.1, 0.15) is 30.6 Å². The van der Waals surface area contributed by atoms with Crippen LogP contribution in [0.3, 0.4) is 0 Å². The van der Waals surface area contributed by atoms with Crippen LogP contribution in [0.2, 0.25) is 0 Å². The molecule has 1 heterocycles. The molecule has 15 heavy (non-hydrogen) atoms. The van der Waals surface area contributed by atoms with Gasteiger partial charge in [0.1, 0.15) is 4.60 Å². The first-order valence-electron chi connectivity index (χ1n) is 5.03. The van der Waals surface area contributed by atoms with Gasteiger partial charge in [-0.3, -0.25) is 4.79 Å². The van der Waals surface area contributed by atoms with Crippen LogP contribution in [0, 0.1) is 5.92 Å². The Kier molecular flexibility index (Phi) is 4.75. The molecule has 4 heteroatoms. The SMILES string of the molecule is CCC(C)CNC(=O)c1ccnc(Br)c1. The fraction of sp³-hybridized carbons (Fsp3) is 0.455. The zero-order chi connectivity index (χ0) is 11.3. The second kappa shape index (κ2) is 5.85. The quantitative estimate of drug-likeness (QED) is 0.855. The standard InChI is InChI=1S/C11H15BrN2O/c1-3-8(2)7-14-11(15)9-4-5-13-10(12)6-9/h4-6,8H,3,7H2,1-2H3,(H,14,15). The Balaban J connectivity index is 2.54. The molecule has 0 aliphatic heterocycles. The lowest BCUT2D eigenvalue weighted by molar-refractivity contribution is 0.0947. The van der Waals surface area contributed by atoms with Crippen molar-refractivity contribution in [1.29, 1.82) is 0 Å². The minimum atomic E-state index is -0.0431. The van der Waals surface area contributed by atoms with Gasteiger partial charge >= 0.3 is 0 Å². The molecule has 1 atom stereocenters. The van der Waals surface area contributed by atoms with Gasteiger partial charge in [-0.05, 0) is 34.0 Å². The Morgan fingerprint density at radius 1 is 1.67 bits per heavy atom. The summed E-state index contributed by atoms with van der Waals surface area (Å²) in [7, 11) is 0. The third-order valence-corrected chi connectivity index (χ3v) is 2.73. The van der Waals surface area contributed by atoms with E-state index in [0.717, 1.165) is 13.0 Å². The Labute approximate surface area is 98.4 Å². The van der Waals surface area contributed by atoms with Crippen molar-refractivity contribution in [3.05, 3.63) is 28.5 Å². The molecule has 0 spiro atoms. The predicted molar refractivity (Wildman–Crippen MR) is 63.7 cm³/mol. The average molecular weight is 271 g/mol. The number of pyridine rings is 1. The largest absolute Gasteiger partial charge is 0.352 e. The summed E-state index contributed by atoms with van der Waals surface area (Å²) in [5.74, 6) is 0.470. The second-order valence-electron chi connectivity index (χ2n) is 3.59. The number of rotatable bonds is 4. The van der Waals surface area contributed by atoms with Crippen LogP contribution >= 0.6 is 15.9 Å². The van der Waals surface area contributed by atoms with E-state index in [9.17, 15) is 4.79 Å². The summed E-state index contributed by atoms with van der Waals surface area (Å²) >= 11 is 3.23. The third-order valence-electron chi connectivity index (χ3n) is 2.30. The lowest BCUT2D eigenvalue weighted by Crippen LogP contribution is -2.28. The van der Waals surface area contributed by atoms with Crippen LogP contribution in [0.25, 0.3) is 0 Å². The van der Waals surface area contributed by atoms with E-state index in [4.69, 9.17) is 0 Å². The fourth-order valence-corrected chi connectivity index (χ4v) is 1.42. The van der Waals surface area contributed by atoms with Gasteiger partial charge in [-0.15, -0.1) is 0 Å². The zero-order valence-electron chi connectivity index (χ0n) is 8.96. The Hall–Kier alpha value is -0.900. The highest BCUT2D eigenvalue weighted by Gasteiger charge is 2.07. The number of aromatic nitrogens is 1. The van der Waals surface area contributed by atoms with Gasteiger partial charge in [0.15, 0.2) is 0 Å². The third kappa shape index (κ3) is 4.00. The van der Waals surface area contributed by atoms with Crippen LogP contribution in [0.4, 0.5) is 0 Å². The number of carbonyl (C=O) groups is 1. The minimum absolute atomic E-state index is 0.0431. The van der Waals surface area contributed by atoms with E-state index >= 15 is 0 Å². The lowest BCUT2D eigenvalue weighted by Gasteiger charge is -2.09. The molecule has 0 saturated heterocycles. The maximum Gasteiger partial charge on any atom is 0.251 e. The average Bonchev–Trinajstić information content (AvgIpc) is 2.25. The van der Waals surface area contributed by atoms with Crippen LogP contribution in [-0.2, 0) is 0 Å². The van der Waals surface area contributed by atoms with Crippen molar-refractivity contribution in [3.8, 4) is 0 Å². The van der Waals surface area contributed by atoms with Gasteiger partial charge in [0.25, 0.3) is 5.91 Å². The maximum atomic E-state index is 11.7. The highest BCUT2D eigenvalue weighted by Crippen LogP contribution is 2.08. The summed E-state index contributed by atoms with van der Waals surface area (Å²) in [6.07, 6.45) is 2.68. The molecule has 1 aromatic rings. The van der Waals surface area contributed by atoms with Crippen LogP contribution in [0.5, 0.6) is 0 Å². The van der Waals surface area contributed by atoms with Crippen LogP contribution in [-0.4, -0.2) is 17.4 Å². The van der Waals surface area contributed by atoms with Crippen molar-refractivity contribution in [2.45, 2.75) is 20.3 Å². The van der Waals surface area contributed by atoms with Crippen molar-refractivity contribution in [2.75, 3.05) is 6.54 Å². The molecule has 0 aliphatic carbocycles. The van der Waals surface area contributed by atoms with Crippen LogP contribution < -0.4 is 5.32 Å². The number of hydrogen-bond acceptors (Lipinski definition) is 2. The molecule has 3 nitrogen and oxygen atoms in total. The molecule has 0 aromatic carbocycles. The number of carbonyl (C=O) groups excluding carboxylic acids is 1. The maximum absolute atomic E-state index is 11.7. The zero-order valence-corrected chi connectivity index (χ0v) is 10.5. The Morgan fingerprint density at radius 2 is 2.40 bits per heavy atom. The monoisotopic (exact) mass is 270 g/mol. The van der Waals surface area contributed by atoms with E-state index in [2.05, 4.69) is 40.1 Å². The normalized spacial score (nSPS) is 12.2. The highest BCUT2D eigenvalue weighted by atomic mass is 79.9. The second-order valence-corrected chi connectivity index (χ2v) is 4.40. The van der Waals surface area contributed by atoms with Crippen molar-refractivity contribution in [3.63, 3.8) is 0 Å². The summed E-state index contributed by atoms with van der Waals surface area (Å²) in [5.41, 5.74) is 0.639. The van der Waals surface area contributed by atoms with E-state index in [1.54, 1.807) is 18.3 Å². The van der Waals surface area contributed by atoms with Gasteiger partial charge in [-0.25, -0.2) is 4.98 Å². The van der Waals surface area contributed by atoms with Crippen LogP contribution in [0.15, 0.2) is 22.9 Å². The van der Waals surface area contributed by atoms with E-state index in [-0.39, 0.29) is 5.91 Å². The number of nitrogens with zero attached hydrogens (tertiary/aromatic N) is 1. The number of halogens is 1. The molecule has 0 fully saturated rings. The molecule has 82 valence electrons. The first-order chi connectivity index (χ1) is 7.13. The summed E-state index contributed by atoms with van der Waals surface area (Å²) in [4.78, 5) is 15.6. The molecular formula is C11H15BrN2O. The molecule has 1 unspecified atom stereocenters. The molecule has 1 N–H and O–H groups in total. The summed E-state index contributed by atoms with van der Waals surface area (Å²) in [6, 6.07) is 3.42. The van der Waals surface area contributed by atoms with Gasteiger partial charge < -0.3 is 5.32 Å². The molecule has 1 amide bonds. The topological polar surface area (TPSA) is 42.0 Å². The molecule has 0 saturated carbocycles. The molecule has 0 aliphatic rings. The number of nitrogens with one attached hydrogen (secondary N) is 1. The molecule has 1 rings (SSSR count). The highest BCUT2D eigenvalue weighted by molar-refractivity contribution is 9.10. The fourth-order valence-electron chi connectivity index (χ4n) is 1.06. The Bertz CT molecular complexity index is 341. The molecule has 0 radical (unpaired) electrons. The predicted octanol–water partition coefficient (Wildman–Crippen LogP) is 2.62. The number of hydrogen-bond donors (Lipinski definition) is 1. The van der Waals surface area contributed by atoms with Gasteiger partial charge in [-0.2, -0.15) is 0 Å². The van der Waals surface area contributed by atoms with Gasteiger partial charge in [0.05, 0.1) is 0 Å². The van der Waals surface area contributed by atoms with Crippen molar-refractivity contribution in [1.82, 2.24) is 10.3 Å². The van der Waals surface area contributed by atoms with E-state index in [1.807, 2.05) is 0 Å². The minimum Gasteiger partial charge on any atom is -0.352 e. The van der Waals surface area contributed by atoms with Crippen molar-refractivity contribution >= 4 is 21.8 Å². The first-order valence-corrected chi connectivity index (χ1v) is 5.82. The van der Waals surface area contributed by atoms with E-state index < -0.39 is 0 Å². The van der Waals surface area contributed by atoms with Gasteiger partial charge in [0.2, 0.25) is 0 Å². The van der Waals surface area contributed by atoms with Crippen molar-refractivity contribution in [2.24, 2.45) is 5.92 Å². The van der Waals surface area contributed by atoms with Crippen molar-refractivity contribution < 1.29 is 4.79 Å². The molecule has 0 bridgehead atoms. The number of amides is 1. The van der Waals surface area contributed by atoms with E-state index in [1.165, 1.54) is 0 Å². The molecule has 1 aromatic heterocycles. The summed E-state index contributed by atoms with van der Waals surface area (Å²) in [5, 5.41) is 2.89. The summed E-state index contributed by atoms with van der Waals surface area (Å²) < 4.78 is 0.679. The smallest absolute Gasteiger partial charge is 0.251 e. The van der Waals surface area contributed by atoms with Gasteiger partial charge in [-0.1, -0.05) is 20.3 Å².